The van der Waals surface area contributed by atoms with Crippen molar-refractivity contribution >= 4 is 40.7 Å². The van der Waals surface area contributed by atoms with Gasteiger partial charge in [0.15, 0.2) is 10.8 Å². The van der Waals surface area contributed by atoms with Crippen LogP contribution in [-0.4, -0.2) is 70.7 Å². The van der Waals surface area contributed by atoms with Crippen molar-refractivity contribution in [3.05, 3.63) is 62.5 Å². The Morgan fingerprint density at radius 3 is 2.81 bits per heavy atom. The summed E-state index contributed by atoms with van der Waals surface area (Å²) in [6.45, 7) is 6.02. The van der Waals surface area contributed by atoms with E-state index in [1.165, 1.54) is 23.5 Å². The Kier molecular flexibility index (Phi) is 7.74. The highest BCUT2D eigenvalue weighted by molar-refractivity contribution is 7.11. The topological polar surface area (TPSA) is 113 Å². The summed E-state index contributed by atoms with van der Waals surface area (Å²) in [6.07, 6.45) is 1.62. The summed E-state index contributed by atoms with van der Waals surface area (Å²) in [4.78, 5) is 36.2. The third-order valence-electron chi connectivity index (χ3n) is 5.52. The highest BCUT2D eigenvalue weighted by atomic mass is 35.5. The van der Waals surface area contributed by atoms with E-state index in [4.69, 9.17) is 26.1 Å². The summed E-state index contributed by atoms with van der Waals surface area (Å²) in [5, 5.41) is 15.4. The zero-order valence-electron chi connectivity index (χ0n) is 20.0. The molecule has 3 heterocycles. The lowest BCUT2D eigenvalue weighted by atomic mass is 9.94. The van der Waals surface area contributed by atoms with Crippen LogP contribution in [0.1, 0.15) is 37.4 Å². The van der Waals surface area contributed by atoms with Crippen LogP contribution in [0.15, 0.2) is 46.0 Å². The Morgan fingerprint density at radius 1 is 1.39 bits per heavy atom. The molecule has 0 saturated carbocycles. The minimum absolute atomic E-state index is 0.0189. The number of morpholine rings is 1. The lowest BCUT2D eigenvalue weighted by Crippen LogP contribution is -2.52. The number of carbonyl (C=O) groups is 2. The number of aliphatic imine (C=N–C) groups is 1. The number of halogens is 2. The summed E-state index contributed by atoms with van der Waals surface area (Å²) in [5.74, 6) is -1.81. The van der Waals surface area contributed by atoms with Crippen molar-refractivity contribution in [2.24, 2.45) is 4.99 Å². The summed E-state index contributed by atoms with van der Waals surface area (Å²) in [5.41, 5.74) is 0.162. The molecule has 1 aromatic carbocycles. The number of amidine groups is 1. The van der Waals surface area contributed by atoms with E-state index in [-0.39, 0.29) is 23.7 Å². The molecule has 1 fully saturated rings. The molecule has 1 saturated heterocycles. The molecule has 192 valence electrons. The van der Waals surface area contributed by atoms with Gasteiger partial charge in [0, 0.05) is 40.9 Å². The Bertz CT molecular complexity index is 1210. The van der Waals surface area contributed by atoms with Crippen LogP contribution in [0.2, 0.25) is 5.02 Å². The van der Waals surface area contributed by atoms with Crippen LogP contribution in [0.3, 0.4) is 0 Å². The third-order valence-corrected chi connectivity index (χ3v) is 6.63. The lowest BCUT2D eigenvalue weighted by Gasteiger charge is -2.36. The van der Waals surface area contributed by atoms with Gasteiger partial charge in [-0.25, -0.2) is 14.2 Å². The van der Waals surface area contributed by atoms with Gasteiger partial charge in [-0.2, -0.15) is 0 Å². The van der Waals surface area contributed by atoms with Crippen LogP contribution in [-0.2, 0) is 19.1 Å². The van der Waals surface area contributed by atoms with E-state index in [0.717, 1.165) is 6.07 Å². The summed E-state index contributed by atoms with van der Waals surface area (Å²) < 4.78 is 25.0. The second-order valence-electron chi connectivity index (χ2n) is 9.30. The van der Waals surface area contributed by atoms with Crippen LogP contribution >= 0.6 is 22.9 Å². The summed E-state index contributed by atoms with van der Waals surface area (Å²) >= 11 is 7.76. The smallest absolute Gasteiger partial charge is 0.338 e. The minimum Gasteiger partial charge on any atom is -0.480 e. The molecular weight excluding hydrogens is 511 g/mol. The molecule has 1 aromatic heterocycles. The second-order valence-corrected chi connectivity index (χ2v) is 10.6. The molecule has 0 aliphatic carbocycles. The van der Waals surface area contributed by atoms with E-state index in [1.54, 1.807) is 37.2 Å². The molecule has 0 unspecified atom stereocenters. The molecule has 0 amide bonds. The van der Waals surface area contributed by atoms with E-state index in [2.05, 4.69) is 10.3 Å². The first kappa shape index (κ1) is 26.2. The Balaban J connectivity index is 1.86. The number of thiazole rings is 1. The van der Waals surface area contributed by atoms with Gasteiger partial charge < -0.3 is 19.9 Å². The van der Waals surface area contributed by atoms with Crippen molar-refractivity contribution in [1.29, 1.82) is 0 Å². The third kappa shape index (κ3) is 5.92. The van der Waals surface area contributed by atoms with Crippen LogP contribution in [0.5, 0.6) is 0 Å². The number of hydrogen-bond donors (Lipinski definition) is 2. The molecule has 4 rings (SSSR count). The zero-order valence-corrected chi connectivity index (χ0v) is 21.5. The van der Waals surface area contributed by atoms with Crippen molar-refractivity contribution in [1.82, 2.24) is 15.2 Å². The average molecular weight is 537 g/mol. The number of rotatable bonds is 6. The van der Waals surface area contributed by atoms with E-state index in [9.17, 15) is 19.1 Å². The highest BCUT2D eigenvalue weighted by Gasteiger charge is 2.38. The molecule has 0 bridgehead atoms. The number of aliphatic carboxylic acids is 1. The number of carbonyl (C=O) groups excluding carboxylic acids is 1. The molecule has 0 radical (unpaired) electrons. The summed E-state index contributed by atoms with van der Waals surface area (Å²) in [7, 11) is 0. The minimum atomic E-state index is -1.03. The Labute approximate surface area is 216 Å². The number of nitrogens with zero attached hydrogens (tertiary/aromatic N) is 3. The fourth-order valence-corrected chi connectivity index (χ4v) is 4.81. The zero-order chi connectivity index (χ0) is 26.0. The number of nitrogens with one attached hydrogen (secondary N) is 1. The number of hydrogen-bond acceptors (Lipinski definition) is 9. The van der Waals surface area contributed by atoms with Crippen LogP contribution in [0.25, 0.3) is 0 Å². The van der Waals surface area contributed by atoms with Crippen molar-refractivity contribution < 1.29 is 28.6 Å². The molecular formula is C24H26ClFN4O5S. The predicted molar refractivity (Wildman–Crippen MR) is 133 cm³/mol. The van der Waals surface area contributed by atoms with Crippen LogP contribution in [0, 0.1) is 5.82 Å². The van der Waals surface area contributed by atoms with Gasteiger partial charge in [-0.3, -0.25) is 14.7 Å². The fourth-order valence-electron chi connectivity index (χ4n) is 3.95. The lowest BCUT2D eigenvalue weighted by molar-refractivity contribution is -0.150. The standard InChI is InChI=1S/C24H26ClFN4O5S/c1-24(2,3)35-23(33)18-16(11-30-7-8-34-12-17(30)22(31)32)28-20(21-27-6-9-36-21)29-19(18)14-5-4-13(26)10-15(14)25/h4-6,9-10,17,19H,7-8,11-12H2,1-3H3,(H,28,29)(H,31,32)/t17-,19-/m0/s1. The molecule has 9 nitrogen and oxygen atoms in total. The van der Waals surface area contributed by atoms with Crippen molar-refractivity contribution in [3.63, 3.8) is 0 Å². The number of benzene rings is 1. The largest absolute Gasteiger partial charge is 0.480 e. The van der Waals surface area contributed by atoms with E-state index in [0.29, 0.717) is 35.3 Å². The van der Waals surface area contributed by atoms with Gasteiger partial charge in [0.2, 0.25) is 0 Å². The van der Waals surface area contributed by atoms with Crippen molar-refractivity contribution in [2.45, 2.75) is 38.5 Å². The molecule has 12 heteroatoms. The van der Waals surface area contributed by atoms with Crippen molar-refractivity contribution in [3.8, 4) is 0 Å². The predicted octanol–water partition coefficient (Wildman–Crippen LogP) is 3.41. The van der Waals surface area contributed by atoms with Crippen LogP contribution < -0.4 is 5.32 Å². The molecule has 2 atom stereocenters. The molecule has 36 heavy (non-hydrogen) atoms. The van der Waals surface area contributed by atoms with Gasteiger partial charge in [-0.15, -0.1) is 11.3 Å². The number of ether oxygens (including phenoxy) is 2. The first-order chi connectivity index (χ1) is 17.0. The van der Waals surface area contributed by atoms with Crippen LogP contribution in [0.4, 0.5) is 4.39 Å². The van der Waals surface area contributed by atoms with Gasteiger partial charge in [0.05, 0.1) is 18.8 Å². The van der Waals surface area contributed by atoms with Crippen molar-refractivity contribution in [2.75, 3.05) is 26.3 Å². The van der Waals surface area contributed by atoms with Gasteiger partial charge in [0.1, 0.15) is 23.5 Å². The normalized spacial score (nSPS) is 21.1. The van der Waals surface area contributed by atoms with Gasteiger partial charge in [-0.1, -0.05) is 17.7 Å². The maximum Gasteiger partial charge on any atom is 0.338 e. The van der Waals surface area contributed by atoms with Gasteiger partial charge in [-0.05, 0) is 32.9 Å². The SMILES string of the molecule is CC(C)(C)OC(=O)C1=C(CN2CCOC[C@H]2C(=O)O)NC(c2nccs2)=N[C@H]1c1ccc(F)cc1Cl. The van der Waals surface area contributed by atoms with E-state index in [1.807, 2.05) is 0 Å². The maximum absolute atomic E-state index is 13.9. The fraction of sp³-hybridized carbons (Fsp3) is 0.417. The number of carboxylic acid groups (broad SMARTS) is 1. The average Bonchev–Trinajstić information content (AvgIpc) is 3.33. The number of aromatic nitrogens is 1. The quantitative estimate of drug-likeness (QED) is 0.540. The number of carboxylic acids is 1. The van der Waals surface area contributed by atoms with E-state index < -0.39 is 35.4 Å². The van der Waals surface area contributed by atoms with E-state index >= 15 is 0 Å². The first-order valence-corrected chi connectivity index (χ1v) is 12.5. The Hall–Kier alpha value is -2.86. The maximum atomic E-state index is 13.9. The highest BCUT2D eigenvalue weighted by Crippen LogP contribution is 2.37. The first-order valence-electron chi connectivity index (χ1n) is 11.2. The molecule has 2 N–H and O–H groups in total. The van der Waals surface area contributed by atoms with Gasteiger partial charge in [0.25, 0.3) is 0 Å². The summed E-state index contributed by atoms with van der Waals surface area (Å²) in [6, 6.07) is 2.05. The number of esters is 1. The molecule has 2 aliphatic rings. The monoisotopic (exact) mass is 536 g/mol. The Morgan fingerprint density at radius 2 is 2.17 bits per heavy atom. The molecule has 2 aliphatic heterocycles. The second kappa shape index (κ2) is 10.6. The molecule has 0 spiro atoms. The van der Waals surface area contributed by atoms with Gasteiger partial charge >= 0.3 is 11.9 Å². The molecule has 2 aromatic rings.